The van der Waals surface area contributed by atoms with Gasteiger partial charge in [-0.05, 0) is 59.5 Å². The SMILES string of the molecule is Cc1noc(C)c1/C=C(/CNC(C)(C)C)C1CCCCC1. The molecule has 1 aliphatic carbocycles. The van der Waals surface area contributed by atoms with Crippen LogP contribution in [0.5, 0.6) is 0 Å². The molecule has 0 aromatic carbocycles. The summed E-state index contributed by atoms with van der Waals surface area (Å²) in [6, 6.07) is 0. The standard InChI is InChI=1S/C18H30N2O/c1-13-17(14(2)21-20-13)11-16(12-19-18(3,4)5)15-9-7-6-8-10-15/h11,15,19H,6-10,12H2,1-5H3/b16-11-. The predicted octanol–water partition coefficient (Wildman–Crippen LogP) is 4.64. The summed E-state index contributed by atoms with van der Waals surface area (Å²) in [5.74, 6) is 1.64. The highest BCUT2D eigenvalue weighted by Gasteiger charge is 2.20. The molecular formula is C18H30N2O. The van der Waals surface area contributed by atoms with Gasteiger partial charge in [0.25, 0.3) is 0 Å². The second-order valence-electron chi connectivity index (χ2n) is 7.40. The Morgan fingerprint density at radius 1 is 1.24 bits per heavy atom. The highest BCUT2D eigenvalue weighted by molar-refractivity contribution is 5.57. The van der Waals surface area contributed by atoms with E-state index in [0.29, 0.717) is 5.92 Å². The second-order valence-corrected chi connectivity index (χ2v) is 7.40. The first-order valence-electron chi connectivity index (χ1n) is 8.25. The van der Waals surface area contributed by atoms with E-state index in [1.807, 2.05) is 13.8 Å². The predicted molar refractivity (Wildman–Crippen MR) is 88.3 cm³/mol. The third kappa shape index (κ3) is 4.70. The molecule has 0 spiro atoms. The molecule has 3 heteroatoms. The number of rotatable bonds is 4. The molecule has 1 N–H and O–H groups in total. The second kappa shape index (κ2) is 6.78. The van der Waals surface area contributed by atoms with Gasteiger partial charge in [0.1, 0.15) is 5.76 Å². The fraction of sp³-hybridized carbons (Fsp3) is 0.722. The van der Waals surface area contributed by atoms with E-state index in [1.54, 1.807) is 0 Å². The first-order chi connectivity index (χ1) is 9.87. The van der Waals surface area contributed by atoms with Gasteiger partial charge in [-0.25, -0.2) is 0 Å². The Hall–Kier alpha value is -1.09. The Bertz CT molecular complexity index is 468. The highest BCUT2D eigenvalue weighted by Crippen LogP contribution is 2.31. The minimum atomic E-state index is 0.145. The van der Waals surface area contributed by atoms with E-state index in [2.05, 4.69) is 37.3 Å². The Balaban J connectivity index is 2.22. The van der Waals surface area contributed by atoms with Crippen molar-refractivity contribution in [2.45, 2.75) is 72.3 Å². The number of nitrogens with one attached hydrogen (secondary N) is 1. The van der Waals surface area contributed by atoms with Gasteiger partial charge in [-0.2, -0.15) is 0 Å². The summed E-state index contributed by atoms with van der Waals surface area (Å²) < 4.78 is 5.31. The minimum absolute atomic E-state index is 0.145. The van der Waals surface area contributed by atoms with Gasteiger partial charge < -0.3 is 9.84 Å². The van der Waals surface area contributed by atoms with Crippen molar-refractivity contribution in [1.29, 1.82) is 0 Å². The number of hydrogen-bond acceptors (Lipinski definition) is 3. The quantitative estimate of drug-likeness (QED) is 0.877. The van der Waals surface area contributed by atoms with Crippen LogP contribution in [0.2, 0.25) is 0 Å². The monoisotopic (exact) mass is 290 g/mol. The van der Waals surface area contributed by atoms with Crippen molar-refractivity contribution in [3.8, 4) is 0 Å². The van der Waals surface area contributed by atoms with Gasteiger partial charge in [0.2, 0.25) is 0 Å². The maximum Gasteiger partial charge on any atom is 0.141 e. The molecule has 21 heavy (non-hydrogen) atoms. The van der Waals surface area contributed by atoms with Crippen LogP contribution in [0.25, 0.3) is 6.08 Å². The van der Waals surface area contributed by atoms with E-state index in [0.717, 1.165) is 18.0 Å². The van der Waals surface area contributed by atoms with Crippen LogP contribution in [0.15, 0.2) is 10.1 Å². The lowest BCUT2D eigenvalue weighted by atomic mass is 9.82. The zero-order valence-electron chi connectivity index (χ0n) is 14.3. The van der Waals surface area contributed by atoms with Gasteiger partial charge in [-0.15, -0.1) is 0 Å². The minimum Gasteiger partial charge on any atom is -0.361 e. The van der Waals surface area contributed by atoms with Crippen molar-refractivity contribution >= 4 is 6.08 Å². The Morgan fingerprint density at radius 3 is 2.43 bits per heavy atom. The molecule has 118 valence electrons. The lowest BCUT2D eigenvalue weighted by Crippen LogP contribution is -2.38. The van der Waals surface area contributed by atoms with E-state index in [9.17, 15) is 0 Å². The summed E-state index contributed by atoms with van der Waals surface area (Å²) in [7, 11) is 0. The molecule has 0 saturated heterocycles. The van der Waals surface area contributed by atoms with Crippen LogP contribution in [-0.4, -0.2) is 17.2 Å². The molecule has 1 fully saturated rings. The molecule has 0 bridgehead atoms. The zero-order chi connectivity index (χ0) is 15.5. The molecule has 1 heterocycles. The number of aromatic nitrogens is 1. The number of aryl methyl sites for hydroxylation is 2. The molecule has 0 amide bonds. The number of nitrogens with zero attached hydrogens (tertiary/aromatic N) is 1. The Morgan fingerprint density at radius 2 is 1.90 bits per heavy atom. The van der Waals surface area contributed by atoms with Gasteiger partial charge in [0, 0.05) is 17.6 Å². The van der Waals surface area contributed by atoms with Crippen molar-refractivity contribution in [3.05, 3.63) is 22.6 Å². The van der Waals surface area contributed by atoms with Gasteiger partial charge in [0.05, 0.1) is 5.69 Å². The normalized spacial score (nSPS) is 18.2. The highest BCUT2D eigenvalue weighted by atomic mass is 16.5. The molecular weight excluding hydrogens is 260 g/mol. The van der Waals surface area contributed by atoms with Gasteiger partial charge in [0.15, 0.2) is 0 Å². The molecule has 0 radical (unpaired) electrons. The molecule has 0 aliphatic heterocycles. The molecule has 1 aliphatic rings. The van der Waals surface area contributed by atoms with Crippen LogP contribution in [0.1, 0.15) is 69.9 Å². The van der Waals surface area contributed by atoms with Crippen LogP contribution in [0.3, 0.4) is 0 Å². The average molecular weight is 290 g/mol. The van der Waals surface area contributed by atoms with Crippen molar-refractivity contribution in [2.75, 3.05) is 6.54 Å². The summed E-state index contributed by atoms with van der Waals surface area (Å²) in [5, 5.41) is 7.73. The van der Waals surface area contributed by atoms with Gasteiger partial charge in [-0.3, -0.25) is 0 Å². The van der Waals surface area contributed by atoms with Crippen LogP contribution >= 0.6 is 0 Å². The third-order valence-corrected chi connectivity index (χ3v) is 4.37. The van der Waals surface area contributed by atoms with Crippen molar-refractivity contribution in [3.63, 3.8) is 0 Å². The zero-order valence-corrected chi connectivity index (χ0v) is 14.3. The lowest BCUT2D eigenvalue weighted by Gasteiger charge is -2.28. The topological polar surface area (TPSA) is 38.1 Å². The summed E-state index contributed by atoms with van der Waals surface area (Å²) in [5.41, 5.74) is 3.83. The molecule has 1 saturated carbocycles. The van der Waals surface area contributed by atoms with Crippen molar-refractivity contribution in [2.24, 2.45) is 5.92 Å². The van der Waals surface area contributed by atoms with E-state index in [1.165, 1.54) is 43.2 Å². The molecule has 0 unspecified atom stereocenters. The largest absolute Gasteiger partial charge is 0.361 e. The van der Waals surface area contributed by atoms with E-state index >= 15 is 0 Å². The van der Waals surface area contributed by atoms with Crippen molar-refractivity contribution < 1.29 is 4.52 Å². The Labute approximate surface area is 129 Å². The van der Waals surface area contributed by atoms with E-state index in [4.69, 9.17) is 4.52 Å². The Kier molecular flexibility index (Phi) is 5.26. The molecule has 2 rings (SSSR count). The summed E-state index contributed by atoms with van der Waals surface area (Å²) >= 11 is 0. The number of hydrogen-bond donors (Lipinski definition) is 1. The molecule has 3 nitrogen and oxygen atoms in total. The smallest absolute Gasteiger partial charge is 0.141 e. The van der Waals surface area contributed by atoms with Crippen LogP contribution in [0.4, 0.5) is 0 Å². The first kappa shape index (κ1) is 16.3. The van der Waals surface area contributed by atoms with Gasteiger partial charge >= 0.3 is 0 Å². The summed E-state index contributed by atoms with van der Waals surface area (Å²) in [6.07, 6.45) is 9.08. The fourth-order valence-electron chi connectivity index (χ4n) is 3.04. The lowest BCUT2D eigenvalue weighted by molar-refractivity contribution is 0.378. The average Bonchev–Trinajstić information content (AvgIpc) is 2.74. The molecule has 0 atom stereocenters. The molecule has 1 aromatic heterocycles. The fourth-order valence-corrected chi connectivity index (χ4v) is 3.04. The van der Waals surface area contributed by atoms with Crippen LogP contribution in [-0.2, 0) is 0 Å². The third-order valence-electron chi connectivity index (χ3n) is 4.37. The van der Waals surface area contributed by atoms with E-state index in [-0.39, 0.29) is 5.54 Å². The summed E-state index contributed by atoms with van der Waals surface area (Å²) in [6.45, 7) is 11.7. The summed E-state index contributed by atoms with van der Waals surface area (Å²) in [4.78, 5) is 0. The van der Waals surface area contributed by atoms with E-state index < -0.39 is 0 Å². The van der Waals surface area contributed by atoms with Crippen molar-refractivity contribution in [1.82, 2.24) is 10.5 Å². The maximum absolute atomic E-state index is 5.31. The molecule has 1 aromatic rings. The maximum atomic E-state index is 5.31. The first-order valence-corrected chi connectivity index (χ1v) is 8.25. The van der Waals surface area contributed by atoms with Crippen LogP contribution in [0, 0.1) is 19.8 Å². The van der Waals surface area contributed by atoms with Crippen LogP contribution < -0.4 is 5.32 Å². The van der Waals surface area contributed by atoms with Gasteiger partial charge in [-0.1, -0.05) is 30.0 Å².